The molecule has 6 N–H and O–H groups in total. The van der Waals surface area contributed by atoms with Crippen LogP contribution in [0.4, 0.5) is 9.59 Å². The minimum atomic E-state index is -0.856. The smallest absolute Gasteiger partial charge is 0.404 e. The monoisotopic (exact) mass is 270 g/mol. The van der Waals surface area contributed by atoms with E-state index in [0.29, 0.717) is 0 Å². The highest BCUT2D eigenvalue weighted by atomic mass is 16.6. The molecule has 0 radical (unpaired) electrons. The standard InChI is InChI=1S/2C4H9NO3.2CH4/c1-3(6)2-8-4(5)7;1-3(2-6)8-4(5)7;;/h2*3,6H,2H2,1H3,(H2,5,7);2*1H4. The number of hydrogen-bond donors (Lipinski definition) is 4. The van der Waals surface area contributed by atoms with E-state index >= 15 is 0 Å². The largest absolute Gasteiger partial charge is 0.447 e. The van der Waals surface area contributed by atoms with Crippen molar-refractivity contribution in [3.05, 3.63) is 0 Å². The Hall–Kier alpha value is -1.54. The van der Waals surface area contributed by atoms with E-state index in [0.717, 1.165) is 0 Å². The fourth-order valence-electron chi connectivity index (χ4n) is 0.438. The van der Waals surface area contributed by atoms with Crippen molar-refractivity contribution in [1.29, 1.82) is 0 Å². The molecule has 0 aliphatic carbocycles. The lowest BCUT2D eigenvalue weighted by molar-refractivity contribution is 0.0745. The molecule has 0 aliphatic heterocycles. The molecule has 0 aromatic heterocycles. The number of rotatable bonds is 4. The Morgan fingerprint density at radius 1 is 1.17 bits per heavy atom. The maximum Gasteiger partial charge on any atom is 0.404 e. The Morgan fingerprint density at radius 2 is 1.61 bits per heavy atom. The molecule has 0 spiro atoms. The first-order valence-corrected chi connectivity index (χ1v) is 4.46. The number of carbonyl (C=O) groups is 2. The lowest BCUT2D eigenvalue weighted by Crippen LogP contribution is -2.22. The van der Waals surface area contributed by atoms with Gasteiger partial charge in [-0.1, -0.05) is 14.9 Å². The number of aliphatic hydroxyl groups is 2. The average molecular weight is 270 g/mol. The zero-order valence-electron chi connectivity index (χ0n) is 9.25. The second kappa shape index (κ2) is 15.5. The Balaban J connectivity index is -0.0000000980. The molecule has 0 aliphatic rings. The number of primary amides is 2. The zero-order valence-corrected chi connectivity index (χ0v) is 9.25. The molecule has 0 aromatic carbocycles. The van der Waals surface area contributed by atoms with Crippen molar-refractivity contribution in [1.82, 2.24) is 0 Å². The van der Waals surface area contributed by atoms with Gasteiger partial charge in [0.1, 0.15) is 12.7 Å². The number of carbonyl (C=O) groups excluding carboxylic acids is 2. The number of hydrogen-bond acceptors (Lipinski definition) is 6. The van der Waals surface area contributed by atoms with Crippen molar-refractivity contribution in [2.75, 3.05) is 13.2 Å². The first-order valence-electron chi connectivity index (χ1n) is 4.46. The van der Waals surface area contributed by atoms with Crippen LogP contribution in [0.2, 0.25) is 0 Å². The highest BCUT2D eigenvalue weighted by Crippen LogP contribution is 1.85. The highest BCUT2D eigenvalue weighted by Gasteiger charge is 2.01. The number of ether oxygens (including phenoxy) is 2. The van der Waals surface area contributed by atoms with E-state index in [1.165, 1.54) is 6.92 Å². The molecule has 2 atom stereocenters. The molecule has 0 saturated carbocycles. The van der Waals surface area contributed by atoms with Crippen molar-refractivity contribution < 1.29 is 29.3 Å². The molecule has 112 valence electrons. The van der Waals surface area contributed by atoms with E-state index in [4.69, 9.17) is 10.2 Å². The zero-order chi connectivity index (χ0) is 13.1. The fourth-order valence-corrected chi connectivity index (χ4v) is 0.438. The summed E-state index contributed by atoms with van der Waals surface area (Å²) < 4.78 is 8.48. The molecular formula is C10H26N2O6. The van der Waals surface area contributed by atoms with Gasteiger partial charge in [0.25, 0.3) is 0 Å². The number of aliphatic hydroxyl groups excluding tert-OH is 2. The fraction of sp³-hybridized carbons (Fsp3) is 0.800. The maximum atomic E-state index is 9.86. The van der Waals surface area contributed by atoms with Crippen LogP contribution in [0, 0.1) is 0 Å². The quantitative estimate of drug-likeness (QED) is 0.574. The first-order chi connectivity index (χ1) is 7.29. The van der Waals surface area contributed by atoms with Gasteiger partial charge in [-0.05, 0) is 13.8 Å². The van der Waals surface area contributed by atoms with Gasteiger partial charge in [-0.25, -0.2) is 9.59 Å². The summed E-state index contributed by atoms with van der Waals surface area (Å²) in [7, 11) is 0. The van der Waals surface area contributed by atoms with Gasteiger partial charge in [-0.2, -0.15) is 0 Å². The summed E-state index contributed by atoms with van der Waals surface area (Å²) in [4.78, 5) is 19.7. The van der Waals surface area contributed by atoms with Crippen LogP contribution < -0.4 is 11.5 Å². The Labute approximate surface area is 108 Å². The molecule has 0 aromatic rings. The first kappa shape index (κ1) is 25.3. The van der Waals surface area contributed by atoms with Crippen LogP contribution in [0.5, 0.6) is 0 Å². The van der Waals surface area contributed by atoms with Crippen LogP contribution in [0.3, 0.4) is 0 Å². The van der Waals surface area contributed by atoms with Gasteiger partial charge in [-0.15, -0.1) is 0 Å². The summed E-state index contributed by atoms with van der Waals surface area (Å²) in [6.07, 6.45) is -2.84. The van der Waals surface area contributed by atoms with E-state index in [-0.39, 0.29) is 28.1 Å². The molecule has 18 heavy (non-hydrogen) atoms. The molecule has 0 bridgehead atoms. The van der Waals surface area contributed by atoms with Gasteiger partial charge >= 0.3 is 12.2 Å². The topological polar surface area (TPSA) is 145 Å². The van der Waals surface area contributed by atoms with Crippen molar-refractivity contribution >= 4 is 12.2 Å². The minimum absolute atomic E-state index is 0. The summed E-state index contributed by atoms with van der Waals surface area (Å²) in [6.45, 7) is 2.83. The van der Waals surface area contributed by atoms with E-state index in [9.17, 15) is 9.59 Å². The highest BCUT2D eigenvalue weighted by molar-refractivity contribution is 5.64. The van der Waals surface area contributed by atoms with E-state index in [1.807, 2.05) is 0 Å². The number of nitrogens with two attached hydrogens (primary N) is 2. The Morgan fingerprint density at radius 3 is 1.72 bits per heavy atom. The van der Waals surface area contributed by atoms with Crippen molar-refractivity contribution in [3.8, 4) is 0 Å². The van der Waals surface area contributed by atoms with E-state index < -0.39 is 24.4 Å². The third-order valence-electron chi connectivity index (χ3n) is 1.04. The molecule has 8 heteroatoms. The molecule has 0 rings (SSSR count). The SMILES string of the molecule is C.C.CC(CO)OC(N)=O.CC(O)COC(N)=O. The molecule has 8 nitrogen and oxygen atoms in total. The molecule has 2 unspecified atom stereocenters. The van der Waals surface area contributed by atoms with Crippen molar-refractivity contribution in [3.63, 3.8) is 0 Å². The van der Waals surface area contributed by atoms with Crippen LogP contribution >= 0.6 is 0 Å². The van der Waals surface area contributed by atoms with Gasteiger partial charge < -0.3 is 31.2 Å². The number of amides is 2. The molecule has 2 amide bonds. The summed E-state index contributed by atoms with van der Waals surface area (Å²) in [5.74, 6) is 0. The van der Waals surface area contributed by atoms with Gasteiger partial charge in [0.15, 0.2) is 0 Å². The third-order valence-corrected chi connectivity index (χ3v) is 1.04. The van der Waals surface area contributed by atoms with Gasteiger partial charge in [-0.3, -0.25) is 0 Å². The van der Waals surface area contributed by atoms with Crippen LogP contribution in [0.1, 0.15) is 28.7 Å². The van der Waals surface area contributed by atoms with Crippen molar-refractivity contribution in [2.45, 2.75) is 40.9 Å². The minimum Gasteiger partial charge on any atom is -0.447 e. The molecule has 0 heterocycles. The van der Waals surface area contributed by atoms with Crippen LogP contribution in [-0.2, 0) is 9.47 Å². The van der Waals surface area contributed by atoms with Crippen LogP contribution in [0.15, 0.2) is 0 Å². The summed E-state index contributed by atoms with van der Waals surface area (Å²) in [6, 6.07) is 0. The van der Waals surface area contributed by atoms with Crippen LogP contribution in [0.25, 0.3) is 0 Å². The second-order valence-corrected chi connectivity index (χ2v) is 2.91. The normalized spacial score (nSPS) is 11.3. The van der Waals surface area contributed by atoms with Crippen molar-refractivity contribution in [2.24, 2.45) is 11.5 Å². The molecule has 0 saturated heterocycles. The predicted molar refractivity (Wildman–Crippen MR) is 67.9 cm³/mol. The summed E-state index contributed by atoms with van der Waals surface area (Å²) in [5, 5.41) is 16.7. The van der Waals surface area contributed by atoms with Gasteiger partial charge in [0, 0.05) is 0 Å². The van der Waals surface area contributed by atoms with Gasteiger partial charge in [0.05, 0.1) is 12.7 Å². The third kappa shape index (κ3) is 29.3. The second-order valence-electron chi connectivity index (χ2n) is 2.91. The Bertz CT molecular complexity index is 211. The maximum absolute atomic E-state index is 9.86. The van der Waals surface area contributed by atoms with Gasteiger partial charge in [0.2, 0.25) is 0 Å². The molecular weight excluding hydrogens is 244 g/mol. The lowest BCUT2D eigenvalue weighted by Gasteiger charge is -2.05. The average Bonchev–Trinajstić information content (AvgIpc) is 2.14. The summed E-state index contributed by atoms with van der Waals surface area (Å²) in [5.41, 5.74) is 9.17. The summed E-state index contributed by atoms with van der Waals surface area (Å²) >= 11 is 0. The lowest BCUT2D eigenvalue weighted by atomic mass is 10.4. The predicted octanol–water partition coefficient (Wildman–Crippen LogP) is 0.197. The van der Waals surface area contributed by atoms with E-state index in [2.05, 4.69) is 20.9 Å². The Kier molecular flexibility index (Phi) is 21.8. The molecule has 0 fully saturated rings. The van der Waals surface area contributed by atoms with Crippen LogP contribution in [-0.4, -0.2) is 47.8 Å². The van der Waals surface area contributed by atoms with E-state index in [1.54, 1.807) is 6.92 Å².